The van der Waals surface area contributed by atoms with Crippen LogP contribution in [0.15, 0.2) is 29.2 Å². The molecule has 5 nitrogen and oxygen atoms in total. The molecule has 0 heterocycles. The number of hydrogen-bond donors (Lipinski definition) is 1. The first-order chi connectivity index (χ1) is 5.75. The molecule has 0 radical (unpaired) electrons. The van der Waals surface area contributed by atoms with Crippen LogP contribution >= 0.6 is 12.0 Å². The van der Waals surface area contributed by atoms with Crippen molar-refractivity contribution in [3.8, 4) is 0 Å². The molecular formula is C6H5NO4S. The molecule has 0 amide bonds. The normalized spacial score (nSPS) is 9.75. The molecule has 0 unspecified atom stereocenters. The second-order valence-electron chi connectivity index (χ2n) is 1.88. The Morgan fingerprint density at radius 2 is 2.17 bits per heavy atom. The topological polar surface area (TPSA) is 72.6 Å². The molecule has 1 N–H and O–H groups in total. The van der Waals surface area contributed by atoms with Gasteiger partial charge in [-0.2, -0.15) is 4.33 Å². The maximum Gasteiger partial charge on any atom is 0.285 e. The van der Waals surface area contributed by atoms with Gasteiger partial charge in [-0.25, -0.2) is 5.26 Å². The molecule has 1 aromatic rings. The summed E-state index contributed by atoms with van der Waals surface area (Å²) in [5.74, 6) is 0. The molecule has 12 heavy (non-hydrogen) atoms. The molecule has 0 bridgehead atoms. The number of hydrogen-bond acceptors (Lipinski definition) is 5. The highest BCUT2D eigenvalue weighted by Gasteiger charge is 2.12. The van der Waals surface area contributed by atoms with E-state index in [0.717, 1.165) is 0 Å². The van der Waals surface area contributed by atoms with E-state index < -0.39 is 4.92 Å². The molecule has 0 aromatic heterocycles. The quantitative estimate of drug-likeness (QED) is 0.339. The van der Waals surface area contributed by atoms with Gasteiger partial charge < -0.3 is 0 Å². The first-order valence-electron chi connectivity index (χ1n) is 2.97. The van der Waals surface area contributed by atoms with Crippen LogP contribution in [0.3, 0.4) is 0 Å². The zero-order chi connectivity index (χ0) is 8.97. The maximum atomic E-state index is 10.4. The molecule has 6 heteroatoms. The fourth-order valence-electron chi connectivity index (χ4n) is 0.719. The number of nitro groups is 1. The molecule has 0 aliphatic carbocycles. The fraction of sp³-hybridized carbons (Fsp3) is 0. The molecule has 0 saturated carbocycles. The molecular weight excluding hydrogens is 182 g/mol. The van der Waals surface area contributed by atoms with Crippen molar-refractivity contribution in [2.24, 2.45) is 0 Å². The second-order valence-corrected chi connectivity index (χ2v) is 2.64. The van der Waals surface area contributed by atoms with Crippen molar-refractivity contribution in [2.75, 3.05) is 0 Å². The Labute approximate surface area is 72.3 Å². The molecule has 0 fully saturated rings. The van der Waals surface area contributed by atoms with E-state index in [4.69, 9.17) is 5.26 Å². The van der Waals surface area contributed by atoms with Crippen LogP contribution in [-0.4, -0.2) is 10.2 Å². The van der Waals surface area contributed by atoms with E-state index >= 15 is 0 Å². The van der Waals surface area contributed by atoms with Crippen LogP contribution in [0, 0.1) is 10.1 Å². The van der Waals surface area contributed by atoms with Crippen LogP contribution in [-0.2, 0) is 4.33 Å². The number of para-hydroxylation sites is 1. The lowest BCUT2D eigenvalue weighted by Gasteiger charge is -1.96. The predicted molar refractivity (Wildman–Crippen MR) is 42.7 cm³/mol. The minimum Gasteiger partial charge on any atom is -0.258 e. The minimum atomic E-state index is -0.540. The lowest BCUT2D eigenvalue weighted by atomic mass is 10.3. The third-order valence-corrected chi connectivity index (χ3v) is 1.79. The largest absolute Gasteiger partial charge is 0.285 e. The smallest absolute Gasteiger partial charge is 0.258 e. The van der Waals surface area contributed by atoms with Crippen LogP contribution in [0.5, 0.6) is 0 Å². The summed E-state index contributed by atoms with van der Waals surface area (Å²) in [6.45, 7) is 0. The molecule has 0 aliphatic heterocycles. The summed E-state index contributed by atoms with van der Waals surface area (Å²) < 4.78 is 3.73. The highest BCUT2D eigenvalue weighted by molar-refractivity contribution is 7.94. The Morgan fingerprint density at radius 1 is 1.50 bits per heavy atom. The Morgan fingerprint density at radius 3 is 2.75 bits per heavy atom. The van der Waals surface area contributed by atoms with Gasteiger partial charge >= 0.3 is 0 Å². The van der Waals surface area contributed by atoms with Gasteiger partial charge in [0.05, 0.1) is 17.0 Å². The van der Waals surface area contributed by atoms with E-state index in [1.54, 1.807) is 12.1 Å². The Kier molecular flexibility index (Phi) is 3.03. The number of nitrogens with zero attached hydrogens (tertiary/aromatic N) is 1. The average molecular weight is 187 g/mol. The molecule has 0 aliphatic rings. The van der Waals surface area contributed by atoms with Gasteiger partial charge in [0, 0.05) is 6.07 Å². The van der Waals surface area contributed by atoms with Crippen molar-refractivity contribution in [3.05, 3.63) is 34.4 Å². The van der Waals surface area contributed by atoms with Crippen molar-refractivity contribution in [1.82, 2.24) is 0 Å². The third kappa shape index (κ3) is 1.94. The van der Waals surface area contributed by atoms with Gasteiger partial charge in [0.25, 0.3) is 5.69 Å². The summed E-state index contributed by atoms with van der Waals surface area (Å²) in [6.07, 6.45) is 0. The monoisotopic (exact) mass is 187 g/mol. The van der Waals surface area contributed by atoms with Crippen molar-refractivity contribution in [3.63, 3.8) is 0 Å². The SMILES string of the molecule is O=[N+]([O-])c1ccccc1SOO. The van der Waals surface area contributed by atoms with E-state index in [0.29, 0.717) is 12.0 Å². The summed E-state index contributed by atoms with van der Waals surface area (Å²) in [7, 11) is 0. The Bertz CT molecular complexity index is 291. The van der Waals surface area contributed by atoms with Gasteiger partial charge in [0.15, 0.2) is 0 Å². The lowest BCUT2D eigenvalue weighted by molar-refractivity contribution is -0.387. The van der Waals surface area contributed by atoms with Gasteiger partial charge in [-0.3, -0.25) is 10.1 Å². The summed E-state index contributed by atoms with van der Waals surface area (Å²) in [5, 5.41) is 18.4. The van der Waals surface area contributed by atoms with E-state index in [1.165, 1.54) is 12.1 Å². The average Bonchev–Trinajstić information content (AvgIpc) is 2.05. The fourth-order valence-corrected chi connectivity index (χ4v) is 1.16. The molecule has 0 saturated heterocycles. The standard InChI is InChI=1S/C6H5NO4S/c8-7(9)5-3-1-2-4-6(5)12-11-10/h1-4,10H. The third-order valence-electron chi connectivity index (χ3n) is 1.19. The van der Waals surface area contributed by atoms with Gasteiger partial charge in [0.2, 0.25) is 0 Å². The number of nitro benzene ring substituents is 1. The van der Waals surface area contributed by atoms with Crippen LogP contribution in [0.4, 0.5) is 5.69 Å². The molecule has 0 atom stereocenters. The summed E-state index contributed by atoms with van der Waals surface area (Å²) in [4.78, 5) is 10.1. The summed E-state index contributed by atoms with van der Waals surface area (Å²) in [5.41, 5.74) is -0.0865. The van der Waals surface area contributed by atoms with Crippen LogP contribution in [0.25, 0.3) is 0 Å². The van der Waals surface area contributed by atoms with Crippen molar-refractivity contribution in [2.45, 2.75) is 4.90 Å². The van der Waals surface area contributed by atoms with Gasteiger partial charge in [0.1, 0.15) is 4.90 Å². The van der Waals surface area contributed by atoms with E-state index in [9.17, 15) is 10.1 Å². The van der Waals surface area contributed by atoms with Crippen molar-refractivity contribution >= 4 is 17.7 Å². The summed E-state index contributed by atoms with van der Waals surface area (Å²) in [6, 6.07) is 5.98. The van der Waals surface area contributed by atoms with Crippen molar-refractivity contribution < 1.29 is 14.5 Å². The van der Waals surface area contributed by atoms with Gasteiger partial charge in [-0.05, 0) is 6.07 Å². The highest BCUT2D eigenvalue weighted by atomic mass is 32.2. The molecule has 64 valence electrons. The van der Waals surface area contributed by atoms with E-state index in [-0.39, 0.29) is 10.6 Å². The zero-order valence-corrected chi connectivity index (χ0v) is 6.65. The molecule has 1 aromatic carbocycles. The van der Waals surface area contributed by atoms with Gasteiger partial charge in [-0.15, -0.1) is 0 Å². The van der Waals surface area contributed by atoms with Crippen LogP contribution < -0.4 is 0 Å². The summed E-state index contributed by atoms with van der Waals surface area (Å²) >= 11 is 0.544. The Hall–Kier alpha value is -1.11. The predicted octanol–water partition coefficient (Wildman–Crippen LogP) is 2.09. The van der Waals surface area contributed by atoms with Crippen LogP contribution in [0.1, 0.15) is 0 Å². The van der Waals surface area contributed by atoms with Crippen molar-refractivity contribution in [1.29, 1.82) is 0 Å². The zero-order valence-electron chi connectivity index (χ0n) is 5.84. The van der Waals surface area contributed by atoms with E-state index in [1.807, 2.05) is 0 Å². The highest BCUT2D eigenvalue weighted by Crippen LogP contribution is 2.28. The van der Waals surface area contributed by atoms with Crippen LogP contribution in [0.2, 0.25) is 0 Å². The first-order valence-corrected chi connectivity index (χ1v) is 3.71. The van der Waals surface area contributed by atoms with E-state index in [2.05, 4.69) is 4.33 Å². The Balaban J connectivity index is 3.00. The lowest BCUT2D eigenvalue weighted by Crippen LogP contribution is -1.89. The second kappa shape index (κ2) is 4.05. The van der Waals surface area contributed by atoms with Gasteiger partial charge in [-0.1, -0.05) is 12.1 Å². The first kappa shape index (κ1) is 8.98. The number of rotatable bonds is 3. The minimum absolute atomic E-state index is 0.0865. The molecule has 0 spiro atoms. The molecule has 1 rings (SSSR count). The number of benzene rings is 1. The maximum absolute atomic E-state index is 10.4.